The van der Waals surface area contributed by atoms with E-state index in [1.807, 2.05) is 45.0 Å². The molecule has 0 aliphatic rings. The molecule has 0 atom stereocenters. The van der Waals surface area contributed by atoms with Crippen LogP contribution in [0.4, 0.5) is 11.4 Å². The number of nitro benzene ring substituents is 1. The molecule has 3 rings (SSSR count). The first-order valence-corrected chi connectivity index (χ1v) is 8.36. The maximum absolute atomic E-state index is 11.5. The van der Waals surface area contributed by atoms with E-state index in [2.05, 4.69) is 15.5 Å². The Morgan fingerprint density at radius 3 is 2.54 bits per heavy atom. The summed E-state index contributed by atoms with van der Waals surface area (Å²) in [6.07, 6.45) is 0. The van der Waals surface area contributed by atoms with Crippen LogP contribution in [0, 0.1) is 17.0 Å². The van der Waals surface area contributed by atoms with Gasteiger partial charge in [0.2, 0.25) is 0 Å². The molecule has 0 unspecified atom stereocenters. The Kier molecular flexibility index (Phi) is 4.97. The maximum atomic E-state index is 11.5. The van der Waals surface area contributed by atoms with Crippen molar-refractivity contribution in [2.45, 2.75) is 33.2 Å². The van der Waals surface area contributed by atoms with E-state index < -0.39 is 4.92 Å². The zero-order valence-corrected chi connectivity index (χ0v) is 14.9. The van der Waals surface area contributed by atoms with Gasteiger partial charge in [-0.1, -0.05) is 48.8 Å². The molecule has 0 spiro atoms. The summed E-state index contributed by atoms with van der Waals surface area (Å²) in [6, 6.07) is 12.9. The Hall–Kier alpha value is -3.22. The van der Waals surface area contributed by atoms with Crippen molar-refractivity contribution in [2.75, 3.05) is 5.32 Å². The van der Waals surface area contributed by atoms with Crippen molar-refractivity contribution in [1.82, 2.24) is 10.1 Å². The molecule has 0 fully saturated rings. The molecule has 7 heteroatoms. The Morgan fingerprint density at radius 2 is 1.92 bits per heavy atom. The number of aryl methyl sites for hydroxylation is 1. The van der Waals surface area contributed by atoms with Crippen LogP contribution in [0.5, 0.6) is 0 Å². The van der Waals surface area contributed by atoms with Gasteiger partial charge in [0.25, 0.3) is 11.6 Å². The Morgan fingerprint density at radius 1 is 1.19 bits per heavy atom. The van der Waals surface area contributed by atoms with Crippen LogP contribution in [0.3, 0.4) is 0 Å². The van der Waals surface area contributed by atoms with Gasteiger partial charge in [-0.2, -0.15) is 4.98 Å². The first-order valence-electron chi connectivity index (χ1n) is 8.36. The zero-order chi connectivity index (χ0) is 18.7. The highest BCUT2D eigenvalue weighted by Crippen LogP contribution is 2.31. The Labute approximate surface area is 151 Å². The molecule has 1 N–H and O–H groups in total. The van der Waals surface area contributed by atoms with Gasteiger partial charge in [-0.25, -0.2) is 0 Å². The fourth-order valence-electron chi connectivity index (χ4n) is 2.46. The molecule has 0 amide bonds. The lowest BCUT2D eigenvalue weighted by atomic mass is 10.1. The molecule has 0 aliphatic carbocycles. The molecular formula is C19H20N4O3. The van der Waals surface area contributed by atoms with Crippen molar-refractivity contribution in [3.63, 3.8) is 0 Å². The minimum Gasteiger partial charge on any atom is -0.375 e. The molecule has 3 aromatic rings. The second-order valence-electron chi connectivity index (χ2n) is 6.44. The monoisotopic (exact) mass is 352 g/mol. The molecule has 1 heterocycles. The lowest BCUT2D eigenvalue weighted by molar-refractivity contribution is -0.383. The van der Waals surface area contributed by atoms with Crippen LogP contribution in [0.1, 0.15) is 36.7 Å². The number of nitrogens with one attached hydrogen (secondary N) is 1. The number of anilines is 1. The summed E-state index contributed by atoms with van der Waals surface area (Å²) in [5.41, 5.74) is 3.16. The number of hydrogen-bond acceptors (Lipinski definition) is 6. The summed E-state index contributed by atoms with van der Waals surface area (Å²) >= 11 is 0. The maximum Gasteiger partial charge on any atom is 0.293 e. The lowest BCUT2D eigenvalue weighted by Crippen LogP contribution is -2.03. The fourth-order valence-corrected chi connectivity index (χ4v) is 2.46. The number of rotatable bonds is 6. The predicted molar refractivity (Wildman–Crippen MR) is 99.0 cm³/mol. The van der Waals surface area contributed by atoms with Gasteiger partial charge in [0, 0.05) is 24.1 Å². The Balaban J connectivity index is 1.84. The van der Waals surface area contributed by atoms with Gasteiger partial charge in [-0.05, 0) is 24.6 Å². The number of nitro groups is 1. The number of hydrogen-bond donors (Lipinski definition) is 1. The van der Waals surface area contributed by atoms with E-state index in [0.29, 0.717) is 23.6 Å². The second kappa shape index (κ2) is 7.35. The lowest BCUT2D eigenvalue weighted by Gasteiger charge is -2.08. The molecule has 2 aromatic carbocycles. The zero-order valence-electron chi connectivity index (χ0n) is 14.9. The van der Waals surface area contributed by atoms with E-state index in [4.69, 9.17) is 4.52 Å². The first-order chi connectivity index (χ1) is 12.4. The van der Waals surface area contributed by atoms with Crippen LogP contribution >= 0.6 is 0 Å². The van der Waals surface area contributed by atoms with Crippen LogP contribution < -0.4 is 5.32 Å². The standard InChI is InChI=1S/C19H20N4O3/c1-12(2)18-21-19(26-22-18)15-8-9-16(17(10-15)23(24)25)20-11-14-6-4-13(3)5-7-14/h4-10,12,20H,11H2,1-3H3. The largest absolute Gasteiger partial charge is 0.375 e. The quantitative estimate of drug-likeness (QED) is 0.511. The van der Waals surface area contributed by atoms with Crippen molar-refractivity contribution >= 4 is 11.4 Å². The second-order valence-corrected chi connectivity index (χ2v) is 6.44. The van der Waals surface area contributed by atoms with E-state index in [0.717, 1.165) is 5.56 Å². The molecule has 134 valence electrons. The van der Waals surface area contributed by atoms with Gasteiger partial charge in [-0.15, -0.1) is 0 Å². The van der Waals surface area contributed by atoms with Crippen LogP contribution in [-0.4, -0.2) is 15.1 Å². The number of aromatic nitrogens is 2. The number of benzene rings is 2. The van der Waals surface area contributed by atoms with Crippen LogP contribution in [0.25, 0.3) is 11.5 Å². The van der Waals surface area contributed by atoms with Crippen molar-refractivity contribution < 1.29 is 9.45 Å². The van der Waals surface area contributed by atoms with Crippen LogP contribution in [0.15, 0.2) is 47.0 Å². The Bertz CT molecular complexity index is 917. The minimum atomic E-state index is -0.416. The van der Waals surface area contributed by atoms with Gasteiger partial charge in [-0.3, -0.25) is 10.1 Å². The molecular weight excluding hydrogens is 332 g/mol. The van der Waals surface area contributed by atoms with Crippen molar-refractivity contribution in [2.24, 2.45) is 0 Å². The normalized spacial score (nSPS) is 10.9. The van der Waals surface area contributed by atoms with Gasteiger partial charge >= 0.3 is 0 Å². The van der Waals surface area contributed by atoms with Crippen molar-refractivity contribution in [3.8, 4) is 11.5 Å². The van der Waals surface area contributed by atoms with E-state index in [9.17, 15) is 10.1 Å². The van der Waals surface area contributed by atoms with Crippen molar-refractivity contribution in [3.05, 3.63) is 69.5 Å². The number of nitrogens with zero attached hydrogens (tertiary/aromatic N) is 3. The van der Waals surface area contributed by atoms with Gasteiger partial charge in [0.15, 0.2) is 5.82 Å². The highest BCUT2D eigenvalue weighted by Gasteiger charge is 2.18. The topological polar surface area (TPSA) is 94.1 Å². The summed E-state index contributed by atoms with van der Waals surface area (Å²) < 4.78 is 5.22. The average molecular weight is 352 g/mol. The molecule has 0 saturated carbocycles. The van der Waals surface area contributed by atoms with Gasteiger partial charge in [0.05, 0.1) is 4.92 Å². The van der Waals surface area contributed by atoms with Crippen LogP contribution in [-0.2, 0) is 6.54 Å². The molecule has 7 nitrogen and oxygen atoms in total. The highest BCUT2D eigenvalue weighted by molar-refractivity contribution is 5.69. The van der Waals surface area contributed by atoms with E-state index in [1.54, 1.807) is 12.1 Å². The summed E-state index contributed by atoms with van der Waals surface area (Å²) in [6.45, 7) is 6.42. The smallest absolute Gasteiger partial charge is 0.293 e. The third-order valence-corrected chi connectivity index (χ3v) is 4.00. The summed E-state index contributed by atoms with van der Waals surface area (Å²) in [5, 5.41) is 18.5. The SMILES string of the molecule is Cc1ccc(CNc2ccc(-c3nc(C(C)C)no3)cc2[N+](=O)[O-])cc1. The van der Waals surface area contributed by atoms with Gasteiger partial charge in [0.1, 0.15) is 5.69 Å². The summed E-state index contributed by atoms with van der Waals surface area (Å²) in [4.78, 5) is 15.3. The summed E-state index contributed by atoms with van der Waals surface area (Å²) in [7, 11) is 0. The molecule has 26 heavy (non-hydrogen) atoms. The third-order valence-electron chi connectivity index (χ3n) is 4.00. The third kappa shape index (κ3) is 3.88. The minimum absolute atomic E-state index is 0.0288. The molecule has 0 saturated heterocycles. The predicted octanol–water partition coefficient (Wildman–Crippen LogP) is 4.69. The molecule has 0 bridgehead atoms. The molecule has 1 aromatic heterocycles. The van der Waals surface area contributed by atoms with E-state index >= 15 is 0 Å². The van der Waals surface area contributed by atoms with Crippen molar-refractivity contribution in [1.29, 1.82) is 0 Å². The average Bonchev–Trinajstić information content (AvgIpc) is 3.11. The molecule has 0 radical (unpaired) electrons. The van der Waals surface area contributed by atoms with E-state index in [1.165, 1.54) is 11.6 Å². The molecule has 0 aliphatic heterocycles. The van der Waals surface area contributed by atoms with Gasteiger partial charge < -0.3 is 9.84 Å². The van der Waals surface area contributed by atoms with E-state index in [-0.39, 0.29) is 17.5 Å². The highest BCUT2D eigenvalue weighted by atomic mass is 16.6. The van der Waals surface area contributed by atoms with Crippen LogP contribution in [0.2, 0.25) is 0 Å². The first kappa shape index (κ1) is 17.6. The fraction of sp³-hybridized carbons (Fsp3) is 0.263. The summed E-state index contributed by atoms with van der Waals surface area (Å²) in [5.74, 6) is 0.976.